The molecule has 0 amide bonds. The van der Waals surface area contributed by atoms with Crippen molar-refractivity contribution in [2.75, 3.05) is 0 Å². The fraction of sp³-hybridized carbons (Fsp3) is 0.750. The van der Waals surface area contributed by atoms with E-state index in [1.54, 1.807) is 6.08 Å². The van der Waals surface area contributed by atoms with E-state index in [1.165, 1.54) is 0 Å². The molecule has 0 fully saturated rings. The lowest BCUT2D eigenvalue weighted by Crippen LogP contribution is -2.14. The third-order valence-electron chi connectivity index (χ3n) is 2.54. The van der Waals surface area contributed by atoms with Crippen LogP contribution in [0.3, 0.4) is 0 Å². The second-order valence-corrected chi connectivity index (χ2v) is 4.13. The maximum Gasteiger partial charge on any atom is 0.306 e. The van der Waals surface area contributed by atoms with Crippen LogP contribution in [0, 0.1) is 0 Å². The van der Waals surface area contributed by atoms with Gasteiger partial charge < -0.3 is 9.84 Å². The van der Waals surface area contributed by atoms with Crippen molar-refractivity contribution < 1.29 is 14.6 Å². The average molecular weight is 212 g/mol. The average Bonchev–Trinajstić information content (AvgIpc) is 2.15. The maximum atomic E-state index is 11.3. The quantitative estimate of drug-likeness (QED) is 0.494. The van der Waals surface area contributed by atoms with E-state index in [4.69, 9.17) is 4.74 Å². The summed E-state index contributed by atoms with van der Waals surface area (Å²) < 4.78 is 5.19. The van der Waals surface area contributed by atoms with Gasteiger partial charge in [0.05, 0.1) is 6.10 Å². The molecular formula is C12H20O3. The number of hydrogen-bond donors (Lipinski definition) is 1. The van der Waals surface area contributed by atoms with E-state index in [9.17, 15) is 9.90 Å². The second-order valence-electron chi connectivity index (χ2n) is 4.13. The summed E-state index contributed by atoms with van der Waals surface area (Å²) in [7, 11) is 0. The molecule has 0 bridgehead atoms. The molecule has 0 radical (unpaired) electrons. The topological polar surface area (TPSA) is 46.5 Å². The van der Waals surface area contributed by atoms with Gasteiger partial charge in [0, 0.05) is 12.8 Å². The second kappa shape index (κ2) is 6.62. The van der Waals surface area contributed by atoms with Gasteiger partial charge >= 0.3 is 5.97 Å². The van der Waals surface area contributed by atoms with Crippen molar-refractivity contribution in [1.82, 2.24) is 0 Å². The van der Waals surface area contributed by atoms with E-state index in [1.807, 2.05) is 13.0 Å². The molecule has 1 heterocycles. The fourth-order valence-corrected chi connectivity index (χ4v) is 1.65. The molecule has 2 atom stereocenters. The summed E-state index contributed by atoms with van der Waals surface area (Å²) in [5.41, 5.74) is 0. The van der Waals surface area contributed by atoms with Gasteiger partial charge in [-0.25, -0.2) is 0 Å². The molecule has 3 heteroatoms. The lowest BCUT2D eigenvalue weighted by molar-refractivity contribution is -0.148. The van der Waals surface area contributed by atoms with Crippen molar-refractivity contribution in [3.8, 4) is 0 Å². The molecule has 0 aromatic carbocycles. The molecule has 0 saturated heterocycles. The van der Waals surface area contributed by atoms with Gasteiger partial charge in [0.1, 0.15) is 6.10 Å². The number of hydrogen-bond acceptors (Lipinski definition) is 3. The molecule has 0 aromatic rings. The third-order valence-corrected chi connectivity index (χ3v) is 2.54. The Morgan fingerprint density at radius 3 is 3.00 bits per heavy atom. The summed E-state index contributed by atoms with van der Waals surface area (Å²) in [6.45, 7) is 1.88. The first-order chi connectivity index (χ1) is 7.18. The van der Waals surface area contributed by atoms with E-state index in [2.05, 4.69) is 0 Å². The number of cyclic esters (lactones) is 1. The fourth-order valence-electron chi connectivity index (χ4n) is 1.65. The number of aliphatic hydroxyl groups is 1. The molecule has 1 aliphatic heterocycles. The van der Waals surface area contributed by atoms with Crippen molar-refractivity contribution in [2.45, 2.75) is 57.7 Å². The molecule has 0 unspecified atom stereocenters. The standard InChI is InChI=1S/C12H20O3/c1-10-6-5-8-11(13)7-3-2-4-9-12(14)15-10/h5,8,10-11,13H,2-4,6-7,9H2,1H3/t10-,11-/m1/s1. The Kier molecular flexibility index (Phi) is 5.40. The van der Waals surface area contributed by atoms with Gasteiger partial charge in [0.25, 0.3) is 0 Å². The summed E-state index contributed by atoms with van der Waals surface area (Å²) in [6, 6.07) is 0. The number of aliphatic hydroxyl groups excluding tert-OH is 1. The van der Waals surface area contributed by atoms with Crippen molar-refractivity contribution in [3.05, 3.63) is 12.2 Å². The predicted octanol–water partition coefficient (Wildman–Crippen LogP) is 2.19. The van der Waals surface area contributed by atoms with Crippen molar-refractivity contribution in [3.63, 3.8) is 0 Å². The molecule has 86 valence electrons. The number of carbonyl (C=O) groups excluding carboxylic acids is 1. The van der Waals surface area contributed by atoms with Crippen LogP contribution in [-0.4, -0.2) is 23.3 Å². The van der Waals surface area contributed by atoms with Crippen LogP contribution >= 0.6 is 0 Å². The first-order valence-corrected chi connectivity index (χ1v) is 5.72. The van der Waals surface area contributed by atoms with E-state index in [0.717, 1.165) is 25.7 Å². The van der Waals surface area contributed by atoms with Gasteiger partial charge in [0.15, 0.2) is 0 Å². The largest absolute Gasteiger partial charge is 0.462 e. The van der Waals surface area contributed by atoms with E-state index in [0.29, 0.717) is 12.8 Å². The lowest BCUT2D eigenvalue weighted by Gasteiger charge is -2.13. The first kappa shape index (κ1) is 12.2. The number of carbonyl (C=O) groups is 1. The van der Waals surface area contributed by atoms with Gasteiger partial charge in [-0.3, -0.25) is 4.79 Å². The molecule has 15 heavy (non-hydrogen) atoms. The van der Waals surface area contributed by atoms with Gasteiger partial charge in [-0.1, -0.05) is 25.0 Å². The molecule has 1 rings (SSSR count). The highest BCUT2D eigenvalue weighted by molar-refractivity contribution is 5.69. The van der Waals surface area contributed by atoms with Crippen LogP contribution in [0.5, 0.6) is 0 Å². The number of ether oxygens (including phenoxy) is 1. The number of esters is 1. The highest BCUT2D eigenvalue weighted by atomic mass is 16.5. The Bertz CT molecular complexity index is 223. The smallest absolute Gasteiger partial charge is 0.306 e. The molecule has 0 aromatic heterocycles. The van der Waals surface area contributed by atoms with Crippen LogP contribution in [0.25, 0.3) is 0 Å². The van der Waals surface area contributed by atoms with Crippen LogP contribution in [0.2, 0.25) is 0 Å². The Balaban J connectivity index is 2.45. The van der Waals surface area contributed by atoms with Crippen LogP contribution in [0.4, 0.5) is 0 Å². The molecule has 1 N–H and O–H groups in total. The molecule has 1 aliphatic rings. The molecule has 3 nitrogen and oxygen atoms in total. The highest BCUT2D eigenvalue weighted by Gasteiger charge is 2.09. The van der Waals surface area contributed by atoms with Crippen molar-refractivity contribution >= 4 is 5.97 Å². The lowest BCUT2D eigenvalue weighted by atomic mass is 10.1. The zero-order chi connectivity index (χ0) is 11.1. The minimum atomic E-state index is -0.340. The summed E-state index contributed by atoms with van der Waals surface area (Å²) in [6.07, 6.45) is 8.06. The monoisotopic (exact) mass is 212 g/mol. The van der Waals surface area contributed by atoms with E-state index < -0.39 is 0 Å². The van der Waals surface area contributed by atoms with Crippen LogP contribution in [0.1, 0.15) is 45.4 Å². The minimum Gasteiger partial charge on any atom is -0.462 e. The number of rotatable bonds is 0. The summed E-state index contributed by atoms with van der Waals surface area (Å²) >= 11 is 0. The first-order valence-electron chi connectivity index (χ1n) is 5.72. The molecule has 0 saturated carbocycles. The highest BCUT2D eigenvalue weighted by Crippen LogP contribution is 2.11. The molecule has 0 spiro atoms. The minimum absolute atomic E-state index is 0.0830. The van der Waals surface area contributed by atoms with Crippen molar-refractivity contribution in [1.29, 1.82) is 0 Å². The SMILES string of the molecule is C[C@@H]1CC=C[C@H](O)CCCCCC(=O)O1. The zero-order valence-corrected chi connectivity index (χ0v) is 9.32. The predicted molar refractivity (Wildman–Crippen MR) is 58.4 cm³/mol. The van der Waals surface area contributed by atoms with Crippen molar-refractivity contribution in [2.24, 2.45) is 0 Å². The van der Waals surface area contributed by atoms with Crippen LogP contribution in [-0.2, 0) is 9.53 Å². The Labute approximate surface area is 91.1 Å². The zero-order valence-electron chi connectivity index (χ0n) is 9.32. The Morgan fingerprint density at radius 2 is 2.20 bits per heavy atom. The maximum absolute atomic E-state index is 11.3. The summed E-state index contributed by atoms with van der Waals surface area (Å²) in [5, 5.41) is 9.54. The molecular weight excluding hydrogens is 192 g/mol. The van der Waals surface area contributed by atoms with E-state index >= 15 is 0 Å². The van der Waals surface area contributed by atoms with Gasteiger partial charge in [-0.15, -0.1) is 0 Å². The summed E-state index contributed by atoms with van der Waals surface area (Å²) in [5.74, 6) is -0.1000. The third kappa shape index (κ3) is 5.57. The van der Waals surface area contributed by atoms with Gasteiger partial charge in [0.2, 0.25) is 0 Å². The van der Waals surface area contributed by atoms with Crippen LogP contribution in [0.15, 0.2) is 12.2 Å². The normalized spacial score (nSPS) is 30.1. The summed E-state index contributed by atoms with van der Waals surface area (Å²) in [4.78, 5) is 11.3. The molecule has 0 aliphatic carbocycles. The van der Waals surface area contributed by atoms with Crippen LogP contribution < -0.4 is 0 Å². The Morgan fingerprint density at radius 1 is 1.40 bits per heavy atom. The Hall–Kier alpha value is -0.830. The van der Waals surface area contributed by atoms with E-state index in [-0.39, 0.29) is 18.2 Å². The van der Waals surface area contributed by atoms with Gasteiger partial charge in [-0.2, -0.15) is 0 Å². The van der Waals surface area contributed by atoms with Gasteiger partial charge in [-0.05, 0) is 19.8 Å².